The van der Waals surface area contributed by atoms with Crippen molar-refractivity contribution in [2.45, 2.75) is 4.90 Å². The Balaban J connectivity index is 1.88. The molecule has 4 aromatic rings. The van der Waals surface area contributed by atoms with Crippen LogP contribution in [0.2, 0.25) is 0 Å². The van der Waals surface area contributed by atoms with Gasteiger partial charge in [0.25, 0.3) is 0 Å². The van der Waals surface area contributed by atoms with E-state index in [9.17, 15) is 17.9 Å². The maximum atomic E-state index is 13.4. The predicted octanol–water partition coefficient (Wildman–Crippen LogP) is 3.70. The second-order valence-electron chi connectivity index (χ2n) is 6.42. The standard InChI is InChI=1S/C21H16FN3O3S/c22-16-6-4-14(5-7-16)21-13-20(15-2-1-3-18(26)12-15)24-25(21)17-8-10-19(11-9-17)29(23,27)28/h1-13,26H,(H2,23,27,28). The quantitative estimate of drug-likeness (QED) is 0.537. The molecule has 0 amide bonds. The smallest absolute Gasteiger partial charge is 0.238 e. The van der Waals surface area contributed by atoms with Gasteiger partial charge in [-0.3, -0.25) is 0 Å². The second-order valence-corrected chi connectivity index (χ2v) is 7.98. The fraction of sp³-hybridized carbons (Fsp3) is 0. The summed E-state index contributed by atoms with van der Waals surface area (Å²) < 4.78 is 38.0. The minimum absolute atomic E-state index is 0.00931. The van der Waals surface area contributed by atoms with Gasteiger partial charge < -0.3 is 5.11 Å². The molecule has 8 heteroatoms. The Morgan fingerprint density at radius 1 is 0.897 bits per heavy atom. The number of phenolic OH excluding ortho intramolecular Hbond substituents is 1. The maximum Gasteiger partial charge on any atom is 0.238 e. The van der Waals surface area contributed by atoms with Crippen LogP contribution < -0.4 is 5.14 Å². The van der Waals surface area contributed by atoms with Crippen LogP contribution in [0.5, 0.6) is 5.75 Å². The van der Waals surface area contributed by atoms with Crippen LogP contribution >= 0.6 is 0 Å². The van der Waals surface area contributed by atoms with Gasteiger partial charge in [-0.1, -0.05) is 12.1 Å². The molecule has 0 radical (unpaired) electrons. The molecule has 0 aliphatic rings. The van der Waals surface area contributed by atoms with Crippen LogP contribution in [-0.4, -0.2) is 23.3 Å². The molecule has 0 fully saturated rings. The fourth-order valence-corrected chi connectivity index (χ4v) is 3.50. The van der Waals surface area contributed by atoms with E-state index < -0.39 is 10.0 Å². The zero-order valence-corrected chi connectivity index (χ0v) is 15.8. The number of aromatic hydroxyl groups is 1. The number of benzene rings is 3. The molecule has 0 bridgehead atoms. The highest BCUT2D eigenvalue weighted by atomic mass is 32.2. The minimum atomic E-state index is -3.81. The van der Waals surface area contributed by atoms with E-state index in [1.165, 1.54) is 24.3 Å². The Kier molecular flexibility index (Phi) is 4.65. The monoisotopic (exact) mass is 409 g/mol. The van der Waals surface area contributed by atoms with Gasteiger partial charge in [-0.2, -0.15) is 5.10 Å². The number of hydrogen-bond acceptors (Lipinski definition) is 4. The predicted molar refractivity (Wildman–Crippen MR) is 107 cm³/mol. The molecular weight excluding hydrogens is 393 g/mol. The van der Waals surface area contributed by atoms with Gasteiger partial charge in [0.15, 0.2) is 0 Å². The Morgan fingerprint density at radius 2 is 1.59 bits per heavy atom. The van der Waals surface area contributed by atoms with Gasteiger partial charge in [0.1, 0.15) is 11.6 Å². The van der Waals surface area contributed by atoms with E-state index in [0.29, 0.717) is 22.6 Å². The molecule has 3 N–H and O–H groups in total. The summed E-state index contributed by atoms with van der Waals surface area (Å²) in [6.07, 6.45) is 0. The van der Waals surface area contributed by atoms with Gasteiger partial charge in [-0.25, -0.2) is 22.6 Å². The first-order valence-corrected chi connectivity index (χ1v) is 10.1. The number of halogens is 1. The number of nitrogens with two attached hydrogens (primary N) is 1. The summed E-state index contributed by atoms with van der Waals surface area (Å²) in [6.45, 7) is 0. The molecule has 146 valence electrons. The second kappa shape index (κ2) is 7.16. The van der Waals surface area contributed by atoms with E-state index in [4.69, 9.17) is 5.14 Å². The summed E-state index contributed by atoms with van der Waals surface area (Å²) >= 11 is 0. The molecule has 0 saturated carbocycles. The van der Waals surface area contributed by atoms with Crippen LogP contribution in [0.4, 0.5) is 4.39 Å². The average molecular weight is 409 g/mol. The average Bonchev–Trinajstić information content (AvgIpc) is 3.13. The number of phenols is 1. The number of hydrogen-bond donors (Lipinski definition) is 2. The number of primary sulfonamides is 1. The molecule has 0 unspecified atom stereocenters. The Morgan fingerprint density at radius 3 is 2.21 bits per heavy atom. The summed E-state index contributed by atoms with van der Waals surface area (Å²) in [5.41, 5.74) is 3.29. The molecule has 29 heavy (non-hydrogen) atoms. The molecule has 1 heterocycles. The van der Waals surface area contributed by atoms with E-state index in [0.717, 1.165) is 5.56 Å². The van der Waals surface area contributed by atoms with E-state index >= 15 is 0 Å². The zero-order valence-electron chi connectivity index (χ0n) is 15.0. The molecule has 0 aliphatic heterocycles. The topological polar surface area (TPSA) is 98.2 Å². The molecule has 6 nitrogen and oxygen atoms in total. The van der Waals surface area contributed by atoms with Crippen molar-refractivity contribution in [1.29, 1.82) is 0 Å². The maximum absolute atomic E-state index is 13.4. The van der Waals surface area contributed by atoms with Gasteiger partial charge >= 0.3 is 0 Å². The molecule has 0 aliphatic carbocycles. The first kappa shape index (κ1) is 18.9. The van der Waals surface area contributed by atoms with Crippen LogP contribution in [0, 0.1) is 5.82 Å². The fourth-order valence-electron chi connectivity index (χ4n) is 2.99. The van der Waals surface area contributed by atoms with Crippen LogP contribution in [0.3, 0.4) is 0 Å². The van der Waals surface area contributed by atoms with Crippen molar-refractivity contribution in [1.82, 2.24) is 9.78 Å². The number of rotatable bonds is 4. The largest absolute Gasteiger partial charge is 0.508 e. The van der Waals surface area contributed by atoms with Crippen molar-refractivity contribution < 1.29 is 17.9 Å². The Hall–Kier alpha value is -3.49. The van der Waals surface area contributed by atoms with E-state index in [-0.39, 0.29) is 16.5 Å². The van der Waals surface area contributed by atoms with Crippen LogP contribution in [0.15, 0.2) is 83.8 Å². The molecule has 0 atom stereocenters. The van der Waals surface area contributed by atoms with Crippen LogP contribution in [-0.2, 0) is 10.0 Å². The third-order valence-electron chi connectivity index (χ3n) is 4.40. The van der Waals surface area contributed by atoms with Crippen molar-refractivity contribution >= 4 is 10.0 Å². The van der Waals surface area contributed by atoms with Crippen molar-refractivity contribution in [3.05, 3.63) is 84.7 Å². The van der Waals surface area contributed by atoms with E-state index in [1.54, 1.807) is 47.1 Å². The highest BCUT2D eigenvalue weighted by molar-refractivity contribution is 7.89. The van der Waals surface area contributed by atoms with Gasteiger partial charge in [-0.05, 0) is 66.7 Å². The minimum Gasteiger partial charge on any atom is -0.508 e. The Bertz CT molecular complexity index is 1280. The third kappa shape index (κ3) is 3.89. The molecule has 1 aromatic heterocycles. The summed E-state index contributed by atoms with van der Waals surface area (Å²) in [7, 11) is -3.81. The lowest BCUT2D eigenvalue weighted by Crippen LogP contribution is -2.12. The lowest BCUT2D eigenvalue weighted by atomic mass is 10.1. The summed E-state index contributed by atoms with van der Waals surface area (Å²) in [6, 6.07) is 20.4. The Labute approximate surface area is 166 Å². The number of aromatic nitrogens is 2. The van der Waals surface area contributed by atoms with E-state index in [2.05, 4.69) is 5.10 Å². The van der Waals surface area contributed by atoms with Crippen LogP contribution in [0.1, 0.15) is 0 Å². The third-order valence-corrected chi connectivity index (χ3v) is 5.33. The highest BCUT2D eigenvalue weighted by Gasteiger charge is 2.15. The van der Waals surface area contributed by atoms with Crippen molar-refractivity contribution in [2.75, 3.05) is 0 Å². The first-order chi connectivity index (χ1) is 13.8. The van der Waals surface area contributed by atoms with Gasteiger partial charge in [0.05, 0.1) is 22.0 Å². The normalized spacial score (nSPS) is 11.5. The molecule has 4 rings (SSSR count). The first-order valence-electron chi connectivity index (χ1n) is 8.60. The summed E-state index contributed by atoms with van der Waals surface area (Å²) in [4.78, 5) is -0.00931. The van der Waals surface area contributed by atoms with Gasteiger partial charge in [0, 0.05) is 11.1 Å². The van der Waals surface area contributed by atoms with Crippen molar-refractivity contribution in [3.8, 4) is 34.0 Å². The molecule has 0 spiro atoms. The molecular formula is C21H16FN3O3S. The lowest BCUT2D eigenvalue weighted by Gasteiger charge is -2.08. The summed E-state index contributed by atoms with van der Waals surface area (Å²) in [5, 5.41) is 19.6. The number of sulfonamides is 1. The lowest BCUT2D eigenvalue weighted by molar-refractivity contribution is 0.475. The molecule has 0 saturated heterocycles. The molecule has 3 aromatic carbocycles. The number of nitrogens with zero attached hydrogens (tertiary/aromatic N) is 2. The van der Waals surface area contributed by atoms with Crippen LogP contribution in [0.25, 0.3) is 28.2 Å². The van der Waals surface area contributed by atoms with Gasteiger partial charge in [-0.15, -0.1) is 0 Å². The highest BCUT2D eigenvalue weighted by Crippen LogP contribution is 2.30. The van der Waals surface area contributed by atoms with Crippen molar-refractivity contribution in [3.63, 3.8) is 0 Å². The van der Waals surface area contributed by atoms with Gasteiger partial charge in [0.2, 0.25) is 10.0 Å². The van der Waals surface area contributed by atoms with Crippen molar-refractivity contribution in [2.24, 2.45) is 5.14 Å². The zero-order chi connectivity index (χ0) is 20.6. The van der Waals surface area contributed by atoms with E-state index in [1.807, 2.05) is 12.1 Å². The summed E-state index contributed by atoms with van der Waals surface area (Å²) in [5.74, 6) is -0.247. The SMILES string of the molecule is NS(=O)(=O)c1ccc(-n2nc(-c3cccc(O)c3)cc2-c2ccc(F)cc2)cc1.